The third kappa shape index (κ3) is 5.11. The van der Waals surface area contributed by atoms with E-state index in [0.717, 1.165) is 18.8 Å². The van der Waals surface area contributed by atoms with Gasteiger partial charge in [-0.15, -0.1) is 11.3 Å². The van der Waals surface area contributed by atoms with E-state index in [1.807, 2.05) is 11.4 Å². The molecule has 27 heavy (non-hydrogen) atoms. The number of aryl methyl sites for hydroxylation is 1. The van der Waals surface area contributed by atoms with Crippen molar-refractivity contribution in [3.05, 3.63) is 51.6 Å². The van der Waals surface area contributed by atoms with E-state index in [-0.39, 0.29) is 17.2 Å². The summed E-state index contributed by atoms with van der Waals surface area (Å²) in [5.41, 5.74) is 2.21. The molecule has 1 aromatic carbocycles. The van der Waals surface area contributed by atoms with Gasteiger partial charge in [-0.2, -0.15) is 0 Å². The number of nitrogens with one attached hydrogen (secondary N) is 2. The Labute approximate surface area is 166 Å². The van der Waals surface area contributed by atoms with Crippen LogP contribution in [0.4, 0.5) is 5.69 Å². The Morgan fingerprint density at radius 3 is 3.00 bits per heavy atom. The van der Waals surface area contributed by atoms with E-state index in [9.17, 15) is 9.59 Å². The van der Waals surface area contributed by atoms with Crippen molar-refractivity contribution in [2.75, 3.05) is 30.3 Å². The molecule has 2 aromatic heterocycles. The first-order valence-corrected chi connectivity index (χ1v) is 10.6. The molecule has 0 radical (unpaired) electrons. The first kappa shape index (κ1) is 19.4. The number of hydrogen-bond donors (Lipinski definition) is 2. The summed E-state index contributed by atoms with van der Waals surface area (Å²) in [6, 6.07) is 10.1. The molecule has 8 heteroatoms. The van der Waals surface area contributed by atoms with Crippen LogP contribution in [0.3, 0.4) is 0 Å². The van der Waals surface area contributed by atoms with Crippen molar-refractivity contribution in [1.29, 1.82) is 0 Å². The van der Waals surface area contributed by atoms with Gasteiger partial charge in [0.2, 0.25) is 5.91 Å². The number of fused-ring (bicyclic) bond motifs is 1. The Bertz CT molecular complexity index is 983. The monoisotopic (exact) mass is 402 g/mol. The lowest BCUT2D eigenvalue weighted by Gasteiger charge is -2.23. The largest absolute Gasteiger partial charge is 0.370 e. The molecule has 0 fully saturated rings. The van der Waals surface area contributed by atoms with E-state index in [1.54, 1.807) is 6.07 Å². The molecule has 0 unspecified atom stereocenters. The maximum absolute atomic E-state index is 12.1. The van der Waals surface area contributed by atoms with Gasteiger partial charge in [-0.3, -0.25) is 9.59 Å². The Morgan fingerprint density at radius 1 is 1.37 bits per heavy atom. The van der Waals surface area contributed by atoms with Crippen molar-refractivity contribution in [3.63, 3.8) is 0 Å². The van der Waals surface area contributed by atoms with Gasteiger partial charge in [0.25, 0.3) is 5.56 Å². The Balaban J connectivity index is 1.48. The number of amides is 1. The molecular formula is C19H22N4O2S2. The fourth-order valence-corrected chi connectivity index (χ4v) is 4.24. The van der Waals surface area contributed by atoms with Gasteiger partial charge in [-0.25, -0.2) is 4.98 Å². The van der Waals surface area contributed by atoms with Crippen molar-refractivity contribution in [2.24, 2.45) is 0 Å². The normalized spacial score (nSPS) is 10.9. The van der Waals surface area contributed by atoms with Crippen LogP contribution in [0, 0.1) is 6.92 Å². The van der Waals surface area contributed by atoms with Crippen molar-refractivity contribution in [1.82, 2.24) is 15.3 Å². The minimum absolute atomic E-state index is 0.0748. The average Bonchev–Trinajstić information content (AvgIpc) is 3.13. The number of anilines is 1. The number of thiophene rings is 1. The van der Waals surface area contributed by atoms with Crippen LogP contribution in [0.2, 0.25) is 0 Å². The molecule has 0 aliphatic carbocycles. The molecule has 0 aliphatic rings. The zero-order chi connectivity index (χ0) is 19.2. The number of nitrogens with zero attached hydrogens (tertiary/aromatic N) is 2. The first-order chi connectivity index (χ1) is 13.1. The number of H-pyrrole nitrogens is 1. The molecule has 3 rings (SSSR count). The zero-order valence-corrected chi connectivity index (χ0v) is 17.0. The van der Waals surface area contributed by atoms with Crippen molar-refractivity contribution in [2.45, 2.75) is 19.0 Å². The van der Waals surface area contributed by atoms with Crippen LogP contribution in [0.25, 0.3) is 10.2 Å². The first-order valence-electron chi connectivity index (χ1n) is 8.75. The molecule has 2 N–H and O–H groups in total. The third-order valence-corrected chi connectivity index (χ3v) is 5.79. The molecule has 3 aromatic rings. The van der Waals surface area contributed by atoms with E-state index in [1.165, 1.54) is 28.7 Å². The van der Waals surface area contributed by atoms with Crippen molar-refractivity contribution < 1.29 is 4.79 Å². The molecule has 142 valence electrons. The van der Waals surface area contributed by atoms with Gasteiger partial charge in [0.05, 0.1) is 11.1 Å². The predicted octanol–water partition coefficient (Wildman–Crippen LogP) is 3.03. The molecule has 0 aliphatic heterocycles. The Morgan fingerprint density at radius 2 is 2.22 bits per heavy atom. The number of aromatic nitrogens is 2. The summed E-state index contributed by atoms with van der Waals surface area (Å²) in [6.07, 6.45) is 0. The van der Waals surface area contributed by atoms with Crippen LogP contribution in [0.5, 0.6) is 0 Å². The molecule has 0 saturated carbocycles. The number of rotatable bonds is 8. The average molecular weight is 403 g/mol. The highest BCUT2D eigenvalue weighted by atomic mass is 32.2. The van der Waals surface area contributed by atoms with Gasteiger partial charge >= 0.3 is 0 Å². The fraction of sp³-hybridized carbons (Fsp3) is 0.316. The Kier molecular flexibility index (Phi) is 6.52. The summed E-state index contributed by atoms with van der Waals surface area (Å²) in [5.74, 6) is 0.144. The highest BCUT2D eigenvalue weighted by Crippen LogP contribution is 2.18. The molecule has 1 amide bonds. The van der Waals surface area contributed by atoms with Gasteiger partial charge in [0, 0.05) is 25.3 Å². The maximum Gasteiger partial charge on any atom is 0.260 e. The van der Waals surface area contributed by atoms with E-state index >= 15 is 0 Å². The lowest BCUT2D eigenvalue weighted by Crippen LogP contribution is -2.35. The van der Waals surface area contributed by atoms with Crippen LogP contribution in [0.1, 0.15) is 12.5 Å². The maximum atomic E-state index is 12.1. The van der Waals surface area contributed by atoms with E-state index in [2.05, 4.69) is 52.2 Å². The minimum atomic E-state index is -0.166. The van der Waals surface area contributed by atoms with Gasteiger partial charge in [0.1, 0.15) is 4.83 Å². The van der Waals surface area contributed by atoms with Crippen LogP contribution in [-0.4, -0.2) is 41.3 Å². The van der Waals surface area contributed by atoms with E-state index in [4.69, 9.17) is 0 Å². The SMILES string of the molecule is CCN(CCNC(=O)CSc1nc2sccc2c(=O)[nH]1)c1cccc(C)c1. The van der Waals surface area contributed by atoms with E-state index in [0.29, 0.717) is 21.9 Å². The van der Waals surface area contributed by atoms with E-state index < -0.39 is 0 Å². The summed E-state index contributed by atoms with van der Waals surface area (Å²) in [7, 11) is 0. The molecule has 0 spiro atoms. The van der Waals surface area contributed by atoms with Crippen molar-refractivity contribution in [3.8, 4) is 0 Å². The Hall–Kier alpha value is -2.32. The second-order valence-corrected chi connectivity index (χ2v) is 7.93. The molecular weight excluding hydrogens is 380 g/mol. The summed E-state index contributed by atoms with van der Waals surface area (Å²) < 4.78 is 0. The van der Waals surface area contributed by atoms with Gasteiger partial charge in [0.15, 0.2) is 5.16 Å². The van der Waals surface area contributed by atoms with Crippen LogP contribution < -0.4 is 15.8 Å². The number of benzene rings is 1. The smallest absolute Gasteiger partial charge is 0.260 e. The van der Waals surface area contributed by atoms with Crippen LogP contribution >= 0.6 is 23.1 Å². The summed E-state index contributed by atoms with van der Waals surface area (Å²) >= 11 is 2.66. The highest BCUT2D eigenvalue weighted by Gasteiger charge is 2.09. The molecule has 0 saturated heterocycles. The minimum Gasteiger partial charge on any atom is -0.370 e. The van der Waals surface area contributed by atoms with Gasteiger partial charge in [-0.1, -0.05) is 23.9 Å². The second kappa shape index (κ2) is 9.05. The summed E-state index contributed by atoms with van der Waals surface area (Å²) in [6.45, 7) is 6.35. The summed E-state index contributed by atoms with van der Waals surface area (Å²) in [5, 5.41) is 5.83. The number of carbonyl (C=O) groups excluding carboxylic acids is 1. The highest BCUT2D eigenvalue weighted by molar-refractivity contribution is 7.99. The lowest BCUT2D eigenvalue weighted by atomic mass is 10.2. The van der Waals surface area contributed by atoms with Gasteiger partial charge in [-0.05, 0) is 43.0 Å². The summed E-state index contributed by atoms with van der Waals surface area (Å²) in [4.78, 5) is 34.1. The molecule has 2 heterocycles. The number of thioether (sulfide) groups is 1. The standard InChI is InChI=1S/C19H22N4O2S2/c1-3-23(14-6-4-5-13(2)11-14)9-8-20-16(24)12-27-19-21-17(25)15-7-10-26-18(15)22-19/h4-7,10-11H,3,8-9,12H2,1-2H3,(H,20,24)(H,21,22,25). The fourth-order valence-electron chi connectivity index (χ4n) is 2.72. The number of aromatic amines is 1. The predicted molar refractivity (Wildman–Crippen MR) is 113 cm³/mol. The number of likely N-dealkylation sites (N-methyl/N-ethyl adjacent to an activating group) is 1. The van der Waals surface area contributed by atoms with Crippen molar-refractivity contribution >= 4 is 44.9 Å². The quantitative estimate of drug-likeness (QED) is 0.447. The van der Waals surface area contributed by atoms with Gasteiger partial charge < -0.3 is 15.2 Å². The number of carbonyl (C=O) groups is 1. The molecule has 6 nitrogen and oxygen atoms in total. The molecule has 0 atom stereocenters. The van der Waals surface area contributed by atoms with Crippen LogP contribution in [0.15, 0.2) is 45.7 Å². The lowest BCUT2D eigenvalue weighted by molar-refractivity contribution is -0.118. The third-order valence-electron chi connectivity index (χ3n) is 4.11. The zero-order valence-electron chi connectivity index (χ0n) is 15.3. The molecule has 0 bridgehead atoms. The second-order valence-electron chi connectivity index (χ2n) is 6.07. The number of hydrogen-bond acceptors (Lipinski definition) is 6. The topological polar surface area (TPSA) is 78.1 Å². The van der Waals surface area contributed by atoms with Crippen LogP contribution in [-0.2, 0) is 4.79 Å².